The van der Waals surface area contributed by atoms with E-state index < -0.39 is 6.09 Å². The molecule has 0 fully saturated rings. The van der Waals surface area contributed by atoms with Crippen LogP contribution in [0.1, 0.15) is 34.6 Å². The Kier molecular flexibility index (Phi) is 4.63. The fourth-order valence-electron chi connectivity index (χ4n) is 3.52. The molecule has 4 N–H and O–H groups in total. The summed E-state index contributed by atoms with van der Waals surface area (Å²) in [5.74, 6) is 0.142. The standard InChI is InChI=1S/C19H22N2O2/c20-12-14-6-7-15-8-9-18(21-19(22)23)17(16(15)11-14)10-13-4-2-1-3-5-13/h1-7,11,17-18,21H,8-10,12,20H2,(H,22,23). The van der Waals surface area contributed by atoms with Crippen molar-refractivity contribution in [2.24, 2.45) is 5.73 Å². The van der Waals surface area contributed by atoms with Crippen molar-refractivity contribution in [2.45, 2.75) is 37.8 Å². The Morgan fingerprint density at radius 2 is 1.96 bits per heavy atom. The summed E-state index contributed by atoms with van der Waals surface area (Å²) in [7, 11) is 0. The first-order chi connectivity index (χ1) is 11.2. The van der Waals surface area contributed by atoms with Crippen LogP contribution in [0.25, 0.3) is 0 Å². The van der Waals surface area contributed by atoms with E-state index in [0.29, 0.717) is 6.54 Å². The predicted octanol–water partition coefficient (Wildman–Crippen LogP) is 3.05. The fourth-order valence-corrected chi connectivity index (χ4v) is 3.52. The van der Waals surface area contributed by atoms with Crippen molar-refractivity contribution in [3.05, 3.63) is 70.8 Å². The van der Waals surface area contributed by atoms with Crippen LogP contribution in [0.3, 0.4) is 0 Å². The Morgan fingerprint density at radius 1 is 1.17 bits per heavy atom. The highest BCUT2D eigenvalue weighted by molar-refractivity contribution is 5.65. The molecular weight excluding hydrogens is 288 g/mol. The van der Waals surface area contributed by atoms with Gasteiger partial charge in [-0.2, -0.15) is 0 Å². The summed E-state index contributed by atoms with van der Waals surface area (Å²) in [4.78, 5) is 11.2. The van der Waals surface area contributed by atoms with Gasteiger partial charge in [-0.3, -0.25) is 0 Å². The quantitative estimate of drug-likeness (QED) is 0.812. The lowest BCUT2D eigenvalue weighted by molar-refractivity contribution is 0.185. The molecule has 2 unspecified atom stereocenters. The van der Waals surface area contributed by atoms with Crippen LogP contribution in [0.15, 0.2) is 48.5 Å². The van der Waals surface area contributed by atoms with E-state index >= 15 is 0 Å². The van der Waals surface area contributed by atoms with Gasteiger partial charge in [0.1, 0.15) is 0 Å². The maximum Gasteiger partial charge on any atom is 0.404 e. The molecule has 2 atom stereocenters. The van der Waals surface area contributed by atoms with Gasteiger partial charge in [-0.1, -0.05) is 48.5 Å². The average molecular weight is 310 g/mol. The summed E-state index contributed by atoms with van der Waals surface area (Å²) in [5, 5.41) is 11.9. The van der Waals surface area contributed by atoms with E-state index in [1.54, 1.807) is 0 Å². The highest BCUT2D eigenvalue weighted by Gasteiger charge is 2.30. The molecule has 0 spiro atoms. The normalized spacial score (nSPS) is 19.9. The summed E-state index contributed by atoms with van der Waals surface area (Å²) in [6, 6.07) is 16.5. The van der Waals surface area contributed by atoms with Crippen molar-refractivity contribution in [3.8, 4) is 0 Å². The van der Waals surface area contributed by atoms with E-state index in [2.05, 4.69) is 35.6 Å². The molecule has 2 aromatic rings. The molecule has 3 rings (SSSR count). The molecular formula is C19H22N2O2. The van der Waals surface area contributed by atoms with Crippen LogP contribution >= 0.6 is 0 Å². The summed E-state index contributed by atoms with van der Waals surface area (Å²) >= 11 is 0. The van der Waals surface area contributed by atoms with Crippen LogP contribution < -0.4 is 11.1 Å². The second kappa shape index (κ2) is 6.84. The smallest absolute Gasteiger partial charge is 0.404 e. The molecule has 0 heterocycles. The Balaban J connectivity index is 1.96. The van der Waals surface area contributed by atoms with Crippen molar-refractivity contribution in [1.29, 1.82) is 0 Å². The second-order valence-electron chi connectivity index (χ2n) is 6.13. The van der Waals surface area contributed by atoms with Crippen LogP contribution in [0, 0.1) is 0 Å². The maximum atomic E-state index is 11.2. The fraction of sp³-hybridized carbons (Fsp3) is 0.316. The van der Waals surface area contributed by atoms with Crippen LogP contribution in [0.4, 0.5) is 4.79 Å². The lowest BCUT2D eigenvalue weighted by Crippen LogP contribution is -2.42. The third-order valence-corrected chi connectivity index (χ3v) is 4.66. The summed E-state index contributed by atoms with van der Waals surface area (Å²) in [5.41, 5.74) is 10.7. The molecule has 1 aliphatic rings. The van der Waals surface area contributed by atoms with Crippen LogP contribution in [0.2, 0.25) is 0 Å². The van der Waals surface area contributed by atoms with E-state index in [-0.39, 0.29) is 12.0 Å². The van der Waals surface area contributed by atoms with Crippen molar-refractivity contribution >= 4 is 6.09 Å². The minimum atomic E-state index is -0.952. The van der Waals surface area contributed by atoms with E-state index in [1.807, 2.05) is 18.2 Å². The first-order valence-electron chi connectivity index (χ1n) is 8.02. The molecule has 4 nitrogen and oxygen atoms in total. The molecule has 120 valence electrons. The van der Waals surface area contributed by atoms with E-state index in [0.717, 1.165) is 24.8 Å². The molecule has 0 aromatic heterocycles. The van der Waals surface area contributed by atoms with Gasteiger partial charge in [-0.05, 0) is 41.5 Å². The van der Waals surface area contributed by atoms with Crippen molar-refractivity contribution in [3.63, 3.8) is 0 Å². The summed E-state index contributed by atoms with van der Waals surface area (Å²) < 4.78 is 0. The Morgan fingerprint density at radius 3 is 2.65 bits per heavy atom. The number of hydrogen-bond acceptors (Lipinski definition) is 2. The average Bonchev–Trinajstić information content (AvgIpc) is 2.57. The SMILES string of the molecule is NCc1ccc2c(c1)C(Cc1ccccc1)C(NC(=O)O)CC2. The zero-order chi connectivity index (χ0) is 16.2. The van der Waals surface area contributed by atoms with Gasteiger partial charge in [0.15, 0.2) is 0 Å². The number of benzene rings is 2. The molecule has 1 amide bonds. The number of rotatable bonds is 4. The number of carboxylic acid groups (broad SMARTS) is 1. The Hall–Kier alpha value is -2.33. The van der Waals surface area contributed by atoms with Crippen molar-refractivity contribution in [1.82, 2.24) is 5.32 Å². The minimum Gasteiger partial charge on any atom is -0.465 e. The summed E-state index contributed by atoms with van der Waals surface area (Å²) in [6.45, 7) is 0.502. The van der Waals surface area contributed by atoms with E-state index in [4.69, 9.17) is 10.8 Å². The third kappa shape index (κ3) is 3.54. The van der Waals surface area contributed by atoms with E-state index in [9.17, 15) is 4.79 Å². The van der Waals surface area contributed by atoms with E-state index in [1.165, 1.54) is 16.7 Å². The highest BCUT2D eigenvalue weighted by atomic mass is 16.4. The number of amides is 1. The van der Waals surface area contributed by atoms with Gasteiger partial charge in [0.25, 0.3) is 0 Å². The molecule has 2 aromatic carbocycles. The molecule has 0 radical (unpaired) electrons. The number of aryl methyl sites for hydroxylation is 1. The zero-order valence-electron chi connectivity index (χ0n) is 13.0. The molecule has 1 aliphatic carbocycles. The molecule has 4 heteroatoms. The summed E-state index contributed by atoms with van der Waals surface area (Å²) in [6.07, 6.45) is 1.61. The monoisotopic (exact) mass is 310 g/mol. The first kappa shape index (κ1) is 15.6. The van der Waals surface area contributed by atoms with Crippen LogP contribution in [0.5, 0.6) is 0 Å². The van der Waals surface area contributed by atoms with Gasteiger partial charge in [0.05, 0.1) is 0 Å². The number of nitrogens with one attached hydrogen (secondary N) is 1. The third-order valence-electron chi connectivity index (χ3n) is 4.66. The highest BCUT2D eigenvalue weighted by Crippen LogP contribution is 2.35. The molecule has 23 heavy (non-hydrogen) atoms. The molecule has 0 saturated carbocycles. The topological polar surface area (TPSA) is 75.3 Å². The largest absolute Gasteiger partial charge is 0.465 e. The Labute approximate surface area is 136 Å². The number of nitrogens with two attached hydrogens (primary N) is 1. The lowest BCUT2D eigenvalue weighted by Gasteiger charge is -2.34. The van der Waals surface area contributed by atoms with Gasteiger partial charge in [0.2, 0.25) is 0 Å². The van der Waals surface area contributed by atoms with Crippen molar-refractivity contribution in [2.75, 3.05) is 0 Å². The maximum absolute atomic E-state index is 11.2. The molecule has 0 aliphatic heterocycles. The molecule has 0 bridgehead atoms. The predicted molar refractivity (Wildman–Crippen MR) is 90.5 cm³/mol. The first-order valence-corrected chi connectivity index (χ1v) is 8.02. The number of hydrogen-bond donors (Lipinski definition) is 3. The van der Waals surface area contributed by atoms with Gasteiger partial charge < -0.3 is 16.2 Å². The van der Waals surface area contributed by atoms with Crippen LogP contribution in [-0.4, -0.2) is 17.2 Å². The molecule has 0 saturated heterocycles. The van der Waals surface area contributed by atoms with Gasteiger partial charge in [0, 0.05) is 18.5 Å². The van der Waals surface area contributed by atoms with Gasteiger partial charge in [-0.15, -0.1) is 0 Å². The van der Waals surface area contributed by atoms with Gasteiger partial charge >= 0.3 is 6.09 Å². The van der Waals surface area contributed by atoms with Crippen LogP contribution in [-0.2, 0) is 19.4 Å². The number of fused-ring (bicyclic) bond motifs is 1. The number of carbonyl (C=O) groups is 1. The van der Waals surface area contributed by atoms with Gasteiger partial charge in [-0.25, -0.2) is 4.79 Å². The second-order valence-corrected chi connectivity index (χ2v) is 6.13. The zero-order valence-corrected chi connectivity index (χ0v) is 13.0. The minimum absolute atomic E-state index is 0.0618. The van der Waals surface area contributed by atoms with Crippen molar-refractivity contribution < 1.29 is 9.90 Å². The Bertz CT molecular complexity index is 685. The lowest BCUT2D eigenvalue weighted by atomic mass is 9.75.